The van der Waals surface area contributed by atoms with Crippen molar-refractivity contribution in [3.63, 3.8) is 0 Å². The third-order valence-corrected chi connectivity index (χ3v) is 6.26. The number of nitriles is 1. The van der Waals surface area contributed by atoms with Crippen LogP contribution in [-0.2, 0) is 0 Å². The summed E-state index contributed by atoms with van der Waals surface area (Å²) in [6.45, 7) is 0. The lowest BCUT2D eigenvalue weighted by Gasteiger charge is -2.28. The topological polar surface area (TPSA) is 73.1 Å². The van der Waals surface area contributed by atoms with Crippen molar-refractivity contribution in [2.24, 2.45) is 4.99 Å². The van der Waals surface area contributed by atoms with Gasteiger partial charge < -0.3 is 18.9 Å². The van der Waals surface area contributed by atoms with E-state index in [1.165, 1.54) is 0 Å². The van der Waals surface area contributed by atoms with Gasteiger partial charge in [-0.3, -0.25) is 0 Å². The van der Waals surface area contributed by atoms with E-state index in [9.17, 15) is 5.26 Å². The van der Waals surface area contributed by atoms with Crippen molar-refractivity contribution in [2.45, 2.75) is 5.92 Å². The summed E-state index contributed by atoms with van der Waals surface area (Å²) in [6, 6.07) is 27.5. The average molecular weight is 477 g/mol. The number of allylic oxidation sites excluding steroid dienone is 1. The zero-order chi connectivity index (χ0) is 25.1. The van der Waals surface area contributed by atoms with Crippen molar-refractivity contribution in [2.75, 3.05) is 21.3 Å². The molecule has 1 aliphatic rings. The van der Waals surface area contributed by atoms with Crippen LogP contribution in [0.3, 0.4) is 0 Å². The number of ether oxygens (including phenoxy) is 4. The molecule has 0 radical (unpaired) electrons. The summed E-state index contributed by atoms with van der Waals surface area (Å²) in [4.78, 5) is 4.60. The molecule has 6 heteroatoms. The Morgan fingerprint density at radius 3 is 2.06 bits per heavy atom. The summed E-state index contributed by atoms with van der Waals surface area (Å²) in [6.07, 6.45) is 1.69. The second-order valence-electron chi connectivity index (χ2n) is 8.23. The number of rotatable bonds is 6. The molecular weight excluding hydrogens is 452 g/mol. The van der Waals surface area contributed by atoms with E-state index in [1.807, 2.05) is 78.9 Å². The van der Waals surface area contributed by atoms with Crippen molar-refractivity contribution in [1.29, 1.82) is 5.26 Å². The molecule has 0 spiro atoms. The highest BCUT2D eigenvalue weighted by Crippen LogP contribution is 2.47. The Labute approximate surface area is 209 Å². The highest BCUT2D eigenvalue weighted by atomic mass is 16.5. The van der Waals surface area contributed by atoms with Crippen LogP contribution in [0.25, 0.3) is 10.8 Å². The molecule has 0 fully saturated rings. The number of benzene rings is 4. The van der Waals surface area contributed by atoms with Gasteiger partial charge in [-0.2, -0.15) is 5.26 Å². The van der Waals surface area contributed by atoms with Crippen LogP contribution < -0.4 is 18.9 Å². The van der Waals surface area contributed by atoms with Crippen LogP contribution in [0.4, 0.5) is 0 Å². The number of methoxy groups -OCH3 is 3. The van der Waals surface area contributed by atoms with E-state index in [2.05, 4.69) is 11.1 Å². The molecule has 1 unspecified atom stereocenters. The zero-order valence-electron chi connectivity index (χ0n) is 20.2. The number of hydrogen-bond donors (Lipinski definition) is 0. The summed E-state index contributed by atoms with van der Waals surface area (Å²) >= 11 is 0. The Bertz CT molecular complexity index is 1510. The molecule has 0 bridgehead atoms. The number of nitrogens with zero attached hydrogens (tertiary/aromatic N) is 2. The fourth-order valence-electron chi connectivity index (χ4n) is 4.40. The fourth-order valence-corrected chi connectivity index (χ4v) is 4.40. The molecule has 0 amide bonds. The van der Waals surface area contributed by atoms with E-state index < -0.39 is 0 Å². The lowest BCUT2D eigenvalue weighted by atomic mass is 9.81. The molecule has 4 aromatic rings. The van der Waals surface area contributed by atoms with Crippen LogP contribution in [0.5, 0.6) is 23.0 Å². The van der Waals surface area contributed by atoms with Gasteiger partial charge in [0.05, 0.1) is 27.2 Å². The van der Waals surface area contributed by atoms with Crippen molar-refractivity contribution in [3.05, 3.63) is 107 Å². The van der Waals surface area contributed by atoms with Gasteiger partial charge in [0, 0.05) is 11.8 Å². The maximum absolute atomic E-state index is 10.3. The highest BCUT2D eigenvalue weighted by Gasteiger charge is 2.33. The normalized spacial score (nSPS) is 14.8. The molecule has 0 aliphatic carbocycles. The number of fused-ring (bicyclic) bond motifs is 3. The van der Waals surface area contributed by atoms with E-state index in [0.717, 1.165) is 44.7 Å². The Balaban J connectivity index is 1.69. The molecule has 36 heavy (non-hydrogen) atoms. The standard InChI is InChI=1S/C30H24N2O4/c1-33-22-10-4-19(5-11-22)18-32-30-26(17-31)28(21-7-12-23(34-2)13-8-21)29-25-16-24(35-3)14-6-20(25)9-15-27(29)36-30/h4-16,18,28H,1-3H3/b32-18+. The molecule has 6 nitrogen and oxygen atoms in total. The smallest absolute Gasteiger partial charge is 0.234 e. The summed E-state index contributed by atoms with van der Waals surface area (Å²) < 4.78 is 22.3. The minimum atomic E-state index is -0.386. The van der Waals surface area contributed by atoms with Gasteiger partial charge >= 0.3 is 0 Å². The first-order valence-electron chi connectivity index (χ1n) is 11.4. The fraction of sp³-hybridized carbons (Fsp3) is 0.133. The molecule has 1 heterocycles. The first-order chi connectivity index (χ1) is 17.6. The quantitative estimate of drug-likeness (QED) is 0.308. The van der Waals surface area contributed by atoms with Gasteiger partial charge in [-0.05, 0) is 76.5 Å². The van der Waals surface area contributed by atoms with Gasteiger partial charge in [-0.1, -0.05) is 24.3 Å². The van der Waals surface area contributed by atoms with Gasteiger partial charge in [-0.25, -0.2) is 4.99 Å². The summed E-state index contributed by atoms with van der Waals surface area (Å²) in [5.74, 6) is 2.76. The van der Waals surface area contributed by atoms with Crippen LogP contribution in [0.2, 0.25) is 0 Å². The van der Waals surface area contributed by atoms with E-state index in [-0.39, 0.29) is 11.8 Å². The average Bonchev–Trinajstić information content (AvgIpc) is 2.95. The highest BCUT2D eigenvalue weighted by molar-refractivity contribution is 5.91. The molecule has 0 N–H and O–H groups in total. The van der Waals surface area contributed by atoms with Crippen molar-refractivity contribution in [1.82, 2.24) is 0 Å². The molecule has 4 aromatic carbocycles. The molecule has 0 saturated heterocycles. The van der Waals surface area contributed by atoms with E-state index in [4.69, 9.17) is 18.9 Å². The predicted molar refractivity (Wildman–Crippen MR) is 139 cm³/mol. The minimum Gasteiger partial charge on any atom is -0.497 e. The van der Waals surface area contributed by atoms with Gasteiger partial charge in [0.2, 0.25) is 5.88 Å². The van der Waals surface area contributed by atoms with Crippen molar-refractivity contribution < 1.29 is 18.9 Å². The largest absolute Gasteiger partial charge is 0.497 e. The lowest BCUT2D eigenvalue weighted by Crippen LogP contribution is -2.16. The van der Waals surface area contributed by atoms with Crippen molar-refractivity contribution in [3.8, 4) is 29.1 Å². The van der Waals surface area contributed by atoms with E-state index in [1.54, 1.807) is 27.5 Å². The molecule has 1 aliphatic heterocycles. The molecule has 178 valence electrons. The van der Waals surface area contributed by atoms with Gasteiger partial charge in [0.25, 0.3) is 0 Å². The minimum absolute atomic E-state index is 0.267. The molecule has 0 saturated carbocycles. The lowest BCUT2D eigenvalue weighted by molar-refractivity contribution is 0.396. The summed E-state index contributed by atoms with van der Waals surface area (Å²) in [5, 5.41) is 12.3. The van der Waals surface area contributed by atoms with Crippen LogP contribution in [0.15, 0.2) is 95.3 Å². The third kappa shape index (κ3) is 4.23. The SMILES string of the molecule is COc1ccc(/C=N/C2=C(C#N)C(c3ccc(OC)cc3)c3c(ccc4ccc(OC)cc34)O2)cc1. The van der Waals surface area contributed by atoms with Gasteiger partial charge in [0.15, 0.2) is 0 Å². The van der Waals surface area contributed by atoms with Crippen LogP contribution in [0, 0.1) is 11.3 Å². The first-order valence-corrected chi connectivity index (χ1v) is 11.4. The third-order valence-electron chi connectivity index (χ3n) is 6.26. The summed E-state index contributed by atoms with van der Waals surface area (Å²) in [7, 11) is 4.89. The van der Waals surface area contributed by atoms with Gasteiger partial charge in [0.1, 0.15) is 34.6 Å². The zero-order valence-corrected chi connectivity index (χ0v) is 20.2. The molecule has 0 aromatic heterocycles. The Hall–Kier alpha value is -4.76. The van der Waals surface area contributed by atoms with E-state index in [0.29, 0.717) is 11.3 Å². The maximum atomic E-state index is 10.3. The Morgan fingerprint density at radius 1 is 0.806 bits per heavy atom. The maximum Gasteiger partial charge on any atom is 0.234 e. The first kappa shape index (κ1) is 23.0. The van der Waals surface area contributed by atoms with Crippen LogP contribution in [-0.4, -0.2) is 27.5 Å². The summed E-state index contributed by atoms with van der Waals surface area (Å²) in [5.41, 5.74) is 3.12. The van der Waals surface area contributed by atoms with Crippen molar-refractivity contribution >= 4 is 17.0 Å². The molecular formula is C30H24N2O4. The second-order valence-corrected chi connectivity index (χ2v) is 8.23. The van der Waals surface area contributed by atoms with E-state index >= 15 is 0 Å². The predicted octanol–water partition coefficient (Wildman–Crippen LogP) is 6.24. The van der Waals surface area contributed by atoms with Gasteiger partial charge in [-0.15, -0.1) is 0 Å². The van der Waals surface area contributed by atoms with Crippen LogP contribution in [0.1, 0.15) is 22.6 Å². The molecule has 1 atom stereocenters. The number of aliphatic imine (C=N–C) groups is 1. The second kappa shape index (κ2) is 9.85. The van der Waals surface area contributed by atoms with Crippen LogP contribution >= 0.6 is 0 Å². The molecule has 5 rings (SSSR count). The Kier molecular flexibility index (Phi) is 6.29. The monoisotopic (exact) mass is 476 g/mol. The Morgan fingerprint density at radius 2 is 1.42 bits per heavy atom. The number of hydrogen-bond acceptors (Lipinski definition) is 6.